The highest BCUT2D eigenvalue weighted by atomic mass is 16.4. The quantitative estimate of drug-likeness (QED) is 0.818. The fourth-order valence-electron chi connectivity index (χ4n) is 1.58. The van der Waals surface area contributed by atoms with E-state index in [0.717, 1.165) is 0 Å². The topological polar surface area (TPSA) is 83.0 Å². The molecule has 0 aliphatic carbocycles. The molecule has 0 unspecified atom stereocenters. The van der Waals surface area contributed by atoms with Crippen LogP contribution >= 0.6 is 0 Å². The van der Waals surface area contributed by atoms with Gasteiger partial charge in [0.05, 0.1) is 5.69 Å². The number of carboxylic acid groups (broad SMARTS) is 1. The normalized spacial score (nSPS) is 11.1. The van der Waals surface area contributed by atoms with E-state index in [-0.39, 0.29) is 17.4 Å². The predicted octanol–water partition coefficient (Wildman–Crippen LogP) is 1.71. The van der Waals surface area contributed by atoms with Gasteiger partial charge in [0.15, 0.2) is 0 Å². The molecule has 1 rings (SSSR count). The number of rotatable bonds is 3. The molecule has 2 N–H and O–H groups in total. The average molecular weight is 224 g/mol. The minimum atomic E-state index is -1.05. The van der Waals surface area contributed by atoms with Crippen molar-refractivity contribution in [2.24, 2.45) is 0 Å². The Morgan fingerprint density at radius 2 is 1.81 bits per heavy atom. The fourth-order valence-corrected chi connectivity index (χ4v) is 1.58. The molecule has 0 fully saturated rings. The van der Waals surface area contributed by atoms with Crippen molar-refractivity contribution in [1.29, 1.82) is 0 Å². The van der Waals surface area contributed by atoms with Crippen LogP contribution in [0.25, 0.3) is 0 Å². The Bertz CT molecular complexity index is 429. The zero-order valence-corrected chi connectivity index (χ0v) is 9.87. The maximum Gasteiger partial charge on any atom is 0.345 e. The molecule has 0 saturated carbocycles. The lowest BCUT2D eigenvalue weighted by Gasteiger charge is -2.14. The van der Waals surface area contributed by atoms with E-state index >= 15 is 0 Å². The van der Waals surface area contributed by atoms with Crippen LogP contribution in [0.3, 0.4) is 0 Å². The van der Waals surface area contributed by atoms with E-state index in [4.69, 9.17) is 0 Å². The molecule has 0 spiro atoms. The van der Waals surface area contributed by atoms with Crippen molar-refractivity contribution in [3.8, 4) is 0 Å². The van der Waals surface area contributed by atoms with Gasteiger partial charge in [0, 0.05) is 5.69 Å². The Morgan fingerprint density at radius 1 is 1.25 bits per heavy atom. The lowest BCUT2D eigenvalue weighted by molar-refractivity contribution is 0.0692. The number of aromatic amines is 1. The third-order valence-corrected chi connectivity index (χ3v) is 2.33. The second-order valence-electron chi connectivity index (χ2n) is 4.33. The van der Waals surface area contributed by atoms with Crippen molar-refractivity contribution in [2.75, 3.05) is 0 Å². The number of hydrogen-bond donors (Lipinski definition) is 2. The van der Waals surface area contributed by atoms with Gasteiger partial charge in [0.1, 0.15) is 5.56 Å². The highest BCUT2D eigenvalue weighted by molar-refractivity contribution is 5.90. The Balaban J connectivity index is 3.61. The molecule has 0 aliphatic rings. The minimum Gasteiger partial charge on any atom is -0.478 e. The molecule has 0 aromatic carbocycles. The van der Waals surface area contributed by atoms with Gasteiger partial charge in [0.2, 0.25) is 0 Å². The number of nitrogens with zero attached hydrogens (tertiary/aromatic N) is 1. The van der Waals surface area contributed by atoms with E-state index in [1.807, 2.05) is 27.7 Å². The number of carboxylic acids is 1. The summed E-state index contributed by atoms with van der Waals surface area (Å²) in [5.41, 5.74) is 0.429. The van der Waals surface area contributed by atoms with Crippen LogP contribution in [0, 0.1) is 0 Å². The standard InChI is InChI=1S/C11H16N2O3/c1-5(2)8-7(10(14)15)9(6(3)4)13-11(16)12-8/h5-6H,1-4H3,(H,14,15)(H,12,13,16). The Morgan fingerprint density at radius 3 is 2.19 bits per heavy atom. The summed E-state index contributed by atoms with van der Waals surface area (Å²) in [6.07, 6.45) is 0. The highest BCUT2D eigenvalue weighted by Gasteiger charge is 2.22. The molecule has 16 heavy (non-hydrogen) atoms. The Labute approximate surface area is 93.5 Å². The van der Waals surface area contributed by atoms with Crippen LogP contribution < -0.4 is 5.69 Å². The van der Waals surface area contributed by atoms with Gasteiger partial charge in [0.25, 0.3) is 0 Å². The van der Waals surface area contributed by atoms with E-state index in [0.29, 0.717) is 11.4 Å². The van der Waals surface area contributed by atoms with Gasteiger partial charge < -0.3 is 10.1 Å². The number of H-pyrrole nitrogens is 1. The molecule has 0 saturated heterocycles. The molecule has 0 amide bonds. The van der Waals surface area contributed by atoms with Crippen molar-refractivity contribution in [3.63, 3.8) is 0 Å². The maximum absolute atomic E-state index is 11.3. The van der Waals surface area contributed by atoms with Crippen LogP contribution in [0.4, 0.5) is 0 Å². The molecular formula is C11H16N2O3. The summed E-state index contributed by atoms with van der Waals surface area (Å²) in [6, 6.07) is 0. The molecule has 5 nitrogen and oxygen atoms in total. The third kappa shape index (κ3) is 2.29. The van der Waals surface area contributed by atoms with Gasteiger partial charge in [-0.15, -0.1) is 0 Å². The molecule has 0 atom stereocenters. The molecule has 1 aromatic heterocycles. The lowest BCUT2D eigenvalue weighted by atomic mass is 9.97. The predicted molar refractivity (Wildman–Crippen MR) is 60.0 cm³/mol. The number of aromatic carboxylic acids is 1. The molecule has 5 heteroatoms. The summed E-state index contributed by atoms with van der Waals surface area (Å²) in [7, 11) is 0. The number of carbonyl (C=O) groups is 1. The monoisotopic (exact) mass is 224 g/mol. The number of hydrogen-bond acceptors (Lipinski definition) is 3. The molecular weight excluding hydrogens is 208 g/mol. The fraction of sp³-hybridized carbons (Fsp3) is 0.545. The number of aromatic nitrogens is 2. The van der Waals surface area contributed by atoms with Crippen LogP contribution in [0.2, 0.25) is 0 Å². The number of nitrogens with one attached hydrogen (secondary N) is 1. The molecule has 0 aliphatic heterocycles. The summed E-state index contributed by atoms with van der Waals surface area (Å²) >= 11 is 0. The molecule has 1 heterocycles. The van der Waals surface area contributed by atoms with Crippen LogP contribution in [-0.4, -0.2) is 21.0 Å². The van der Waals surface area contributed by atoms with Gasteiger partial charge in [-0.1, -0.05) is 27.7 Å². The Kier molecular flexibility index (Phi) is 3.47. The molecule has 0 bridgehead atoms. The van der Waals surface area contributed by atoms with Crippen molar-refractivity contribution in [3.05, 3.63) is 27.4 Å². The highest BCUT2D eigenvalue weighted by Crippen LogP contribution is 2.22. The first-order valence-electron chi connectivity index (χ1n) is 5.22. The molecule has 88 valence electrons. The van der Waals surface area contributed by atoms with Gasteiger partial charge in [-0.05, 0) is 11.8 Å². The first kappa shape index (κ1) is 12.4. The second kappa shape index (κ2) is 4.47. The van der Waals surface area contributed by atoms with E-state index in [1.54, 1.807) is 0 Å². The van der Waals surface area contributed by atoms with Crippen molar-refractivity contribution >= 4 is 5.97 Å². The van der Waals surface area contributed by atoms with Gasteiger partial charge in [-0.25, -0.2) is 9.59 Å². The zero-order valence-electron chi connectivity index (χ0n) is 9.87. The summed E-state index contributed by atoms with van der Waals surface area (Å²) in [5.74, 6) is -1.19. The minimum absolute atomic E-state index is 0.0562. The van der Waals surface area contributed by atoms with Crippen LogP contribution in [-0.2, 0) is 0 Å². The smallest absolute Gasteiger partial charge is 0.345 e. The zero-order chi connectivity index (χ0) is 12.5. The first-order valence-corrected chi connectivity index (χ1v) is 5.22. The Hall–Kier alpha value is -1.65. The van der Waals surface area contributed by atoms with Gasteiger partial charge in [-0.2, -0.15) is 4.98 Å². The van der Waals surface area contributed by atoms with E-state index in [1.165, 1.54) is 0 Å². The SMILES string of the molecule is CC(C)c1nc(=O)[nH]c(C(C)C)c1C(=O)O. The van der Waals surface area contributed by atoms with Crippen LogP contribution in [0.15, 0.2) is 4.79 Å². The first-order chi connectivity index (χ1) is 7.34. The maximum atomic E-state index is 11.3. The van der Waals surface area contributed by atoms with Gasteiger partial charge >= 0.3 is 11.7 Å². The second-order valence-corrected chi connectivity index (χ2v) is 4.33. The lowest BCUT2D eigenvalue weighted by Crippen LogP contribution is -2.23. The van der Waals surface area contributed by atoms with Crippen molar-refractivity contribution < 1.29 is 9.90 Å². The van der Waals surface area contributed by atoms with Gasteiger partial charge in [-0.3, -0.25) is 0 Å². The van der Waals surface area contributed by atoms with Crippen LogP contribution in [0.1, 0.15) is 61.3 Å². The van der Waals surface area contributed by atoms with Crippen LogP contribution in [0.5, 0.6) is 0 Å². The van der Waals surface area contributed by atoms with Crippen molar-refractivity contribution in [1.82, 2.24) is 9.97 Å². The van der Waals surface area contributed by atoms with E-state index < -0.39 is 11.7 Å². The van der Waals surface area contributed by atoms with Crippen molar-refractivity contribution in [2.45, 2.75) is 39.5 Å². The third-order valence-electron chi connectivity index (χ3n) is 2.33. The summed E-state index contributed by atoms with van der Waals surface area (Å²) in [5, 5.41) is 9.17. The molecule has 0 radical (unpaired) electrons. The van der Waals surface area contributed by atoms with E-state index in [9.17, 15) is 14.7 Å². The summed E-state index contributed by atoms with van der Waals surface area (Å²) in [4.78, 5) is 28.8. The molecule has 1 aromatic rings. The average Bonchev–Trinajstić information content (AvgIpc) is 2.15. The summed E-state index contributed by atoms with van der Waals surface area (Å²) < 4.78 is 0. The van der Waals surface area contributed by atoms with E-state index in [2.05, 4.69) is 9.97 Å². The largest absolute Gasteiger partial charge is 0.478 e. The summed E-state index contributed by atoms with van der Waals surface area (Å²) in [6.45, 7) is 7.31.